The Morgan fingerprint density at radius 2 is 2.17 bits per heavy atom. The van der Waals surface area contributed by atoms with Crippen molar-refractivity contribution in [3.8, 4) is 0 Å². The smallest absolute Gasteiger partial charge is 0.317 e. The highest BCUT2D eigenvalue weighted by Crippen LogP contribution is 2.18. The second kappa shape index (κ2) is 5.56. The minimum Gasteiger partial charge on any atom is -0.481 e. The molecule has 0 spiro atoms. The summed E-state index contributed by atoms with van der Waals surface area (Å²) in [4.78, 5) is 24.4. The van der Waals surface area contributed by atoms with E-state index in [0.717, 1.165) is 12.8 Å². The summed E-state index contributed by atoms with van der Waals surface area (Å²) >= 11 is 0. The van der Waals surface area contributed by atoms with Crippen LogP contribution in [0.3, 0.4) is 0 Å². The Morgan fingerprint density at radius 1 is 1.39 bits per heavy atom. The molecule has 0 bridgehead atoms. The number of likely N-dealkylation sites (tertiary alicyclic amines) is 1. The van der Waals surface area contributed by atoms with Crippen molar-refractivity contribution in [2.45, 2.75) is 38.3 Å². The average Bonchev–Trinajstić information content (AvgIpc) is 2.78. The number of carbonyl (C=O) groups is 2. The first-order valence-corrected chi connectivity index (χ1v) is 6.46. The van der Waals surface area contributed by atoms with Gasteiger partial charge >= 0.3 is 12.0 Å². The van der Waals surface area contributed by atoms with Crippen LogP contribution in [0.25, 0.3) is 0 Å². The van der Waals surface area contributed by atoms with Gasteiger partial charge in [-0.1, -0.05) is 0 Å². The van der Waals surface area contributed by atoms with Gasteiger partial charge in [0.25, 0.3) is 0 Å². The van der Waals surface area contributed by atoms with Gasteiger partial charge in [0.1, 0.15) is 0 Å². The molecule has 2 fully saturated rings. The van der Waals surface area contributed by atoms with E-state index in [-0.39, 0.29) is 18.2 Å². The Hall–Kier alpha value is -1.30. The van der Waals surface area contributed by atoms with E-state index in [1.54, 1.807) is 4.90 Å². The topological polar surface area (TPSA) is 78.9 Å². The van der Waals surface area contributed by atoms with E-state index in [1.807, 2.05) is 6.92 Å². The highest BCUT2D eigenvalue weighted by molar-refractivity contribution is 5.77. The van der Waals surface area contributed by atoms with Gasteiger partial charge in [0, 0.05) is 25.7 Å². The predicted octanol–water partition coefficient (Wildman–Crippen LogP) is 0.670. The van der Waals surface area contributed by atoms with Gasteiger partial charge in [-0.15, -0.1) is 0 Å². The zero-order chi connectivity index (χ0) is 13.1. The normalized spacial score (nSPS) is 32.3. The van der Waals surface area contributed by atoms with Crippen LogP contribution in [0.2, 0.25) is 0 Å². The standard InChI is InChI=1S/C12H20N2O4/c1-8-6-10(3-5-18-8)13-12(17)14-4-2-9(7-14)11(15)16/h8-10H,2-7H2,1H3,(H,13,17)(H,15,16). The number of nitrogens with one attached hydrogen (secondary N) is 1. The molecule has 6 heteroatoms. The first kappa shape index (κ1) is 13.1. The molecule has 0 aromatic heterocycles. The van der Waals surface area contributed by atoms with Crippen LogP contribution >= 0.6 is 0 Å². The first-order valence-electron chi connectivity index (χ1n) is 6.46. The quantitative estimate of drug-likeness (QED) is 0.761. The van der Waals surface area contributed by atoms with Crippen molar-refractivity contribution in [1.29, 1.82) is 0 Å². The molecule has 3 unspecified atom stereocenters. The molecule has 0 saturated carbocycles. The lowest BCUT2D eigenvalue weighted by Gasteiger charge is -2.29. The molecule has 0 radical (unpaired) electrons. The number of carboxylic acid groups (broad SMARTS) is 1. The van der Waals surface area contributed by atoms with Crippen LogP contribution in [0.4, 0.5) is 4.79 Å². The second-order valence-electron chi connectivity index (χ2n) is 5.12. The third-order valence-electron chi connectivity index (χ3n) is 3.64. The molecule has 2 rings (SSSR count). The van der Waals surface area contributed by atoms with Gasteiger partial charge in [-0.25, -0.2) is 4.79 Å². The summed E-state index contributed by atoms with van der Waals surface area (Å²) < 4.78 is 5.42. The van der Waals surface area contributed by atoms with E-state index in [1.165, 1.54) is 0 Å². The van der Waals surface area contributed by atoms with Gasteiger partial charge in [-0.3, -0.25) is 4.79 Å². The molecule has 0 aromatic rings. The molecule has 0 aromatic carbocycles. The highest BCUT2D eigenvalue weighted by Gasteiger charge is 2.32. The maximum atomic E-state index is 12.0. The van der Waals surface area contributed by atoms with E-state index >= 15 is 0 Å². The van der Waals surface area contributed by atoms with E-state index in [4.69, 9.17) is 9.84 Å². The van der Waals surface area contributed by atoms with E-state index < -0.39 is 11.9 Å². The molecular weight excluding hydrogens is 236 g/mol. The highest BCUT2D eigenvalue weighted by atomic mass is 16.5. The van der Waals surface area contributed by atoms with Crippen molar-refractivity contribution in [3.63, 3.8) is 0 Å². The van der Waals surface area contributed by atoms with Crippen molar-refractivity contribution in [1.82, 2.24) is 10.2 Å². The number of carboxylic acids is 1. The van der Waals surface area contributed by atoms with Gasteiger partial charge in [-0.2, -0.15) is 0 Å². The molecular formula is C12H20N2O4. The molecule has 2 amide bonds. The van der Waals surface area contributed by atoms with Crippen molar-refractivity contribution < 1.29 is 19.4 Å². The number of carbonyl (C=O) groups excluding carboxylic acids is 1. The lowest BCUT2D eigenvalue weighted by molar-refractivity contribution is -0.141. The number of ether oxygens (including phenoxy) is 1. The number of urea groups is 1. The van der Waals surface area contributed by atoms with Crippen molar-refractivity contribution in [2.75, 3.05) is 19.7 Å². The van der Waals surface area contributed by atoms with E-state index in [9.17, 15) is 9.59 Å². The van der Waals surface area contributed by atoms with Crippen LogP contribution in [0.1, 0.15) is 26.2 Å². The summed E-state index contributed by atoms with van der Waals surface area (Å²) in [5.74, 6) is -1.23. The average molecular weight is 256 g/mol. The molecule has 0 aliphatic carbocycles. The Bertz CT molecular complexity index is 334. The summed E-state index contributed by atoms with van der Waals surface area (Å²) in [6, 6.07) is 0.00276. The van der Waals surface area contributed by atoms with Crippen molar-refractivity contribution in [2.24, 2.45) is 5.92 Å². The fourth-order valence-corrected chi connectivity index (χ4v) is 2.54. The van der Waals surface area contributed by atoms with Crippen LogP contribution in [-0.4, -0.2) is 53.8 Å². The number of rotatable bonds is 2. The van der Waals surface area contributed by atoms with Crippen LogP contribution < -0.4 is 5.32 Å². The summed E-state index contributed by atoms with van der Waals surface area (Å²) in [5, 5.41) is 11.9. The Balaban J connectivity index is 1.80. The molecule has 3 atom stereocenters. The van der Waals surface area contributed by atoms with Gasteiger partial charge < -0.3 is 20.1 Å². The van der Waals surface area contributed by atoms with E-state index in [0.29, 0.717) is 26.1 Å². The summed E-state index contributed by atoms with van der Waals surface area (Å²) in [6.45, 7) is 3.51. The number of nitrogens with zero attached hydrogens (tertiary/aromatic N) is 1. The molecule has 102 valence electrons. The lowest BCUT2D eigenvalue weighted by Crippen LogP contribution is -2.47. The van der Waals surface area contributed by atoms with Gasteiger partial charge in [-0.05, 0) is 26.2 Å². The fraction of sp³-hybridized carbons (Fsp3) is 0.833. The molecule has 2 N–H and O–H groups in total. The van der Waals surface area contributed by atoms with E-state index in [2.05, 4.69) is 5.32 Å². The largest absolute Gasteiger partial charge is 0.481 e. The Morgan fingerprint density at radius 3 is 2.78 bits per heavy atom. The van der Waals surface area contributed by atoms with Crippen LogP contribution in [0.5, 0.6) is 0 Å². The molecule has 2 saturated heterocycles. The third kappa shape index (κ3) is 3.13. The number of hydrogen-bond acceptors (Lipinski definition) is 3. The summed E-state index contributed by atoms with van der Waals surface area (Å²) in [5.41, 5.74) is 0. The maximum Gasteiger partial charge on any atom is 0.317 e. The number of hydrogen-bond donors (Lipinski definition) is 2. The molecule has 6 nitrogen and oxygen atoms in total. The summed E-state index contributed by atoms with van der Waals surface area (Å²) in [6.07, 6.45) is 2.37. The Labute approximate surface area is 106 Å². The van der Waals surface area contributed by atoms with Crippen LogP contribution in [0.15, 0.2) is 0 Å². The first-order chi connectivity index (χ1) is 8.56. The zero-order valence-electron chi connectivity index (χ0n) is 10.6. The van der Waals surface area contributed by atoms with Gasteiger partial charge in [0.2, 0.25) is 0 Å². The Kier molecular flexibility index (Phi) is 4.06. The minimum absolute atomic E-state index is 0.141. The molecule has 2 heterocycles. The molecule has 18 heavy (non-hydrogen) atoms. The maximum absolute atomic E-state index is 12.0. The van der Waals surface area contributed by atoms with Crippen molar-refractivity contribution in [3.05, 3.63) is 0 Å². The molecule has 2 aliphatic rings. The second-order valence-corrected chi connectivity index (χ2v) is 5.12. The number of aliphatic carboxylic acids is 1. The third-order valence-corrected chi connectivity index (χ3v) is 3.64. The predicted molar refractivity (Wildman–Crippen MR) is 64.3 cm³/mol. The minimum atomic E-state index is -0.815. The number of amides is 2. The van der Waals surface area contributed by atoms with Gasteiger partial charge in [0.05, 0.1) is 12.0 Å². The SMILES string of the molecule is CC1CC(NC(=O)N2CCC(C(=O)O)C2)CCO1. The lowest BCUT2D eigenvalue weighted by atomic mass is 10.0. The molecule has 2 aliphatic heterocycles. The van der Waals surface area contributed by atoms with Crippen LogP contribution in [-0.2, 0) is 9.53 Å². The fourth-order valence-electron chi connectivity index (χ4n) is 2.54. The summed E-state index contributed by atoms with van der Waals surface area (Å²) in [7, 11) is 0. The zero-order valence-corrected chi connectivity index (χ0v) is 10.6. The van der Waals surface area contributed by atoms with Crippen LogP contribution in [0, 0.1) is 5.92 Å². The monoisotopic (exact) mass is 256 g/mol. The van der Waals surface area contributed by atoms with Gasteiger partial charge in [0.15, 0.2) is 0 Å². The van der Waals surface area contributed by atoms with Crippen molar-refractivity contribution >= 4 is 12.0 Å².